The first kappa shape index (κ1) is 13.4. The SMILES string of the molecule is CN(c1ccc(F)cc1)c1ccc(C(=O)O)cc1Cl. The maximum absolute atomic E-state index is 12.9. The zero-order chi connectivity index (χ0) is 14.0. The predicted octanol–water partition coefficient (Wildman–Crippen LogP) is 3.95. The van der Waals surface area contributed by atoms with Gasteiger partial charge in [0.05, 0.1) is 16.3 Å². The lowest BCUT2D eigenvalue weighted by Gasteiger charge is -2.21. The van der Waals surface area contributed by atoms with Crippen LogP contribution in [0.2, 0.25) is 5.02 Å². The highest BCUT2D eigenvalue weighted by molar-refractivity contribution is 6.33. The standard InChI is InChI=1S/C14H11ClFNO2/c1-17(11-5-3-10(16)4-6-11)13-7-2-9(14(18)19)8-12(13)15/h2-8H,1H3,(H,18,19). The Morgan fingerprint density at radius 3 is 2.37 bits per heavy atom. The van der Waals surface area contributed by atoms with Crippen LogP contribution < -0.4 is 4.90 Å². The lowest BCUT2D eigenvalue weighted by molar-refractivity contribution is 0.0697. The van der Waals surface area contributed by atoms with Gasteiger partial charge in [-0.2, -0.15) is 0 Å². The molecule has 1 N–H and O–H groups in total. The summed E-state index contributed by atoms with van der Waals surface area (Å²) in [5.41, 5.74) is 1.53. The van der Waals surface area contributed by atoms with Crippen LogP contribution in [0.15, 0.2) is 42.5 Å². The molecule has 0 saturated carbocycles. The number of anilines is 2. The van der Waals surface area contributed by atoms with Gasteiger partial charge in [0.1, 0.15) is 5.82 Å². The molecule has 19 heavy (non-hydrogen) atoms. The molecule has 0 aliphatic rings. The van der Waals surface area contributed by atoms with E-state index >= 15 is 0 Å². The van der Waals surface area contributed by atoms with Crippen molar-refractivity contribution >= 4 is 28.9 Å². The average molecular weight is 280 g/mol. The summed E-state index contributed by atoms with van der Waals surface area (Å²) in [7, 11) is 1.77. The van der Waals surface area contributed by atoms with Crippen LogP contribution in [-0.2, 0) is 0 Å². The first-order valence-corrected chi connectivity index (χ1v) is 5.89. The Labute approximate surface area is 114 Å². The van der Waals surface area contributed by atoms with Crippen LogP contribution in [0, 0.1) is 5.82 Å². The summed E-state index contributed by atoms with van der Waals surface area (Å²) in [6.07, 6.45) is 0. The Bertz CT molecular complexity index is 613. The number of rotatable bonds is 3. The predicted molar refractivity (Wildman–Crippen MR) is 72.9 cm³/mol. The molecule has 0 amide bonds. The van der Waals surface area contributed by atoms with Crippen molar-refractivity contribution in [2.24, 2.45) is 0 Å². The number of carboxylic acid groups (broad SMARTS) is 1. The fourth-order valence-corrected chi connectivity index (χ4v) is 2.02. The molecule has 0 aliphatic carbocycles. The van der Waals surface area contributed by atoms with Crippen molar-refractivity contribution in [1.29, 1.82) is 0 Å². The lowest BCUT2D eigenvalue weighted by Crippen LogP contribution is -2.10. The first-order chi connectivity index (χ1) is 8.99. The van der Waals surface area contributed by atoms with Gasteiger partial charge >= 0.3 is 5.97 Å². The van der Waals surface area contributed by atoms with Gasteiger partial charge < -0.3 is 10.0 Å². The van der Waals surface area contributed by atoms with Crippen LogP contribution in [0.25, 0.3) is 0 Å². The van der Waals surface area contributed by atoms with Crippen molar-refractivity contribution in [3.63, 3.8) is 0 Å². The first-order valence-electron chi connectivity index (χ1n) is 5.51. The number of benzene rings is 2. The van der Waals surface area contributed by atoms with Crippen LogP contribution in [0.1, 0.15) is 10.4 Å². The minimum atomic E-state index is -1.03. The zero-order valence-electron chi connectivity index (χ0n) is 10.1. The van der Waals surface area contributed by atoms with Gasteiger partial charge in [-0.05, 0) is 42.5 Å². The van der Waals surface area contributed by atoms with Crippen molar-refractivity contribution in [2.45, 2.75) is 0 Å². The summed E-state index contributed by atoms with van der Waals surface area (Å²) >= 11 is 6.07. The van der Waals surface area contributed by atoms with Gasteiger partial charge in [0.25, 0.3) is 0 Å². The van der Waals surface area contributed by atoms with E-state index in [1.165, 1.54) is 24.3 Å². The van der Waals surface area contributed by atoms with Crippen LogP contribution >= 0.6 is 11.6 Å². The molecule has 0 spiro atoms. The van der Waals surface area contributed by atoms with E-state index in [2.05, 4.69) is 0 Å². The van der Waals surface area contributed by atoms with Crippen LogP contribution in [0.5, 0.6) is 0 Å². The number of hydrogen-bond acceptors (Lipinski definition) is 2. The van der Waals surface area contributed by atoms with E-state index in [1.54, 1.807) is 30.1 Å². The highest BCUT2D eigenvalue weighted by Gasteiger charge is 2.11. The monoisotopic (exact) mass is 279 g/mol. The molecule has 0 aliphatic heterocycles. The molecular weight excluding hydrogens is 269 g/mol. The van der Waals surface area contributed by atoms with Crippen molar-refractivity contribution < 1.29 is 14.3 Å². The van der Waals surface area contributed by atoms with Crippen molar-refractivity contribution in [3.8, 4) is 0 Å². The molecular formula is C14H11ClFNO2. The van der Waals surface area contributed by atoms with E-state index in [4.69, 9.17) is 16.7 Å². The fraction of sp³-hybridized carbons (Fsp3) is 0.0714. The van der Waals surface area contributed by atoms with Gasteiger partial charge in [-0.25, -0.2) is 9.18 Å². The average Bonchev–Trinajstić information content (AvgIpc) is 2.38. The van der Waals surface area contributed by atoms with Gasteiger partial charge in [-0.3, -0.25) is 0 Å². The largest absolute Gasteiger partial charge is 0.478 e. The summed E-state index contributed by atoms with van der Waals surface area (Å²) in [4.78, 5) is 12.6. The third-order valence-corrected chi connectivity index (χ3v) is 3.07. The number of hydrogen-bond donors (Lipinski definition) is 1. The number of aromatic carboxylic acids is 1. The molecule has 0 saturated heterocycles. The van der Waals surface area contributed by atoms with Crippen LogP contribution in [0.3, 0.4) is 0 Å². The Kier molecular flexibility index (Phi) is 3.71. The highest BCUT2D eigenvalue weighted by atomic mass is 35.5. The Hall–Kier alpha value is -2.07. The molecule has 0 radical (unpaired) electrons. The molecule has 0 aromatic heterocycles. The maximum Gasteiger partial charge on any atom is 0.335 e. The summed E-state index contributed by atoms with van der Waals surface area (Å²) in [6.45, 7) is 0. The van der Waals surface area contributed by atoms with Gasteiger partial charge in [0.15, 0.2) is 0 Å². The molecule has 3 nitrogen and oxygen atoms in total. The summed E-state index contributed by atoms with van der Waals surface area (Å²) in [6, 6.07) is 10.4. The third kappa shape index (κ3) is 2.85. The van der Waals surface area contributed by atoms with Crippen molar-refractivity contribution in [3.05, 3.63) is 58.9 Å². The normalized spacial score (nSPS) is 10.3. The van der Waals surface area contributed by atoms with E-state index in [0.29, 0.717) is 10.7 Å². The van der Waals surface area contributed by atoms with E-state index < -0.39 is 5.97 Å². The highest BCUT2D eigenvalue weighted by Crippen LogP contribution is 2.31. The van der Waals surface area contributed by atoms with E-state index in [-0.39, 0.29) is 11.4 Å². The Balaban J connectivity index is 2.36. The van der Waals surface area contributed by atoms with Crippen LogP contribution in [0.4, 0.5) is 15.8 Å². The quantitative estimate of drug-likeness (QED) is 0.925. The lowest BCUT2D eigenvalue weighted by atomic mass is 10.2. The molecule has 98 valence electrons. The third-order valence-electron chi connectivity index (χ3n) is 2.77. The second kappa shape index (κ2) is 5.28. The van der Waals surface area contributed by atoms with Gasteiger partial charge in [-0.1, -0.05) is 11.6 Å². The maximum atomic E-state index is 12.9. The molecule has 5 heteroatoms. The Morgan fingerprint density at radius 2 is 1.84 bits per heavy atom. The molecule has 0 fully saturated rings. The fourth-order valence-electron chi connectivity index (χ4n) is 1.72. The number of nitrogens with zero attached hydrogens (tertiary/aromatic N) is 1. The molecule has 0 heterocycles. The molecule has 2 aromatic rings. The minimum Gasteiger partial charge on any atom is -0.478 e. The summed E-state index contributed by atoms with van der Waals surface area (Å²) < 4.78 is 12.9. The molecule has 0 unspecified atom stereocenters. The smallest absolute Gasteiger partial charge is 0.335 e. The van der Waals surface area contributed by atoms with Crippen molar-refractivity contribution in [1.82, 2.24) is 0 Å². The van der Waals surface area contributed by atoms with Gasteiger partial charge in [0.2, 0.25) is 0 Å². The molecule has 2 aromatic carbocycles. The second-order valence-electron chi connectivity index (χ2n) is 4.01. The van der Waals surface area contributed by atoms with Gasteiger partial charge in [0, 0.05) is 12.7 Å². The molecule has 2 rings (SSSR count). The molecule has 0 atom stereocenters. The summed E-state index contributed by atoms with van der Waals surface area (Å²) in [5, 5.41) is 9.20. The number of carboxylic acids is 1. The van der Waals surface area contributed by atoms with Gasteiger partial charge in [-0.15, -0.1) is 0 Å². The minimum absolute atomic E-state index is 0.126. The second-order valence-corrected chi connectivity index (χ2v) is 4.41. The Morgan fingerprint density at radius 1 is 1.21 bits per heavy atom. The number of carbonyl (C=O) groups is 1. The van der Waals surface area contributed by atoms with E-state index in [1.807, 2.05) is 0 Å². The topological polar surface area (TPSA) is 40.5 Å². The van der Waals surface area contributed by atoms with E-state index in [9.17, 15) is 9.18 Å². The zero-order valence-corrected chi connectivity index (χ0v) is 10.9. The molecule has 0 bridgehead atoms. The van der Waals surface area contributed by atoms with E-state index in [0.717, 1.165) is 5.69 Å². The number of halogens is 2. The van der Waals surface area contributed by atoms with Crippen molar-refractivity contribution in [2.75, 3.05) is 11.9 Å². The summed E-state index contributed by atoms with van der Waals surface area (Å²) in [5.74, 6) is -1.35. The van der Waals surface area contributed by atoms with Crippen LogP contribution in [-0.4, -0.2) is 18.1 Å².